The monoisotopic (exact) mass is 388 g/mol. The molecule has 0 saturated carbocycles. The summed E-state index contributed by atoms with van der Waals surface area (Å²) in [4.78, 5) is 39.7. The fourth-order valence-corrected chi connectivity index (χ4v) is 3.52. The summed E-state index contributed by atoms with van der Waals surface area (Å²) in [6.07, 6.45) is 0. The topological polar surface area (TPSA) is 66.5 Å². The molecule has 0 aliphatic carbocycles. The van der Waals surface area contributed by atoms with Gasteiger partial charge < -0.3 is 5.32 Å². The smallest absolute Gasteiger partial charge is 0.315 e. The molecule has 29 heavy (non-hydrogen) atoms. The van der Waals surface area contributed by atoms with Gasteiger partial charge in [0.15, 0.2) is 11.3 Å². The van der Waals surface area contributed by atoms with Crippen LogP contribution in [0.1, 0.15) is 21.5 Å². The summed E-state index contributed by atoms with van der Waals surface area (Å²) >= 11 is 0. The van der Waals surface area contributed by atoms with Crippen LogP contribution in [0.4, 0.5) is 9.18 Å². The van der Waals surface area contributed by atoms with Crippen molar-refractivity contribution in [2.24, 2.45) is 0 Å². The highest BCUT2D eigenvalue weighted by molar-refractivity contribution is 6.13. The van der Waals surface area contributed by atoms with Gasteiger partial charge in [0.25, 0.3) is 5.91 Å². The fourth-order valence-electron chi connectivity index (χ4n) is 3.52. The van der Waals surface area contributed by atoms with Gasteiger partial charge in [-0.2, -0.15) is 0 Å². The summed E-state index contributed by atoms with van der Waals surface area (Å²) in [7, 11) is 0. The Hall–Kier alpha value is -3.80. The van der Waals surface area contributed by atoms with Gasteiger partial charge in [-0.1, -0.05) is 60.7 Å². The van der Waals surface area contributed by atoms with Crippen molar-refractivity contribution < 1.29 is 18.8 Å². The standard InChI is InChI=1S/C23H17FN2O3/c24-19-13-11-16(12-14-19)20(27)15-26-21(28)23(25-22(26)29,17-7-3-1-4-8-17)18-9-5-2-6-10-18/h1-14H,15H2,(H,25,29). The average molecular weight is 388 g/mol. The van der Waals surface area contributed by atoms with Crippen LogP contribution in [-0.4, -0.2) is 29.2 Å². The van der Waals surface area contributed by atoms with E-state index < -0.39 is 35.6 Å². The summed E-state index contributed by atoms with van der Waals surface area (Å²) in [6, 6.07) is 22.1. The first-order chi connectivity index (χ1) is 14.0. The Kier molecular flexibility index (Phi) is 4.68. The van der Waals surface area contributed by atoms with Crippen molar-refractivity contribution in [2.45, 2.75) is 5.54 Å². The lowest BCUT2D eigenvalue weighted by Crippen LogP contribution is -2.45. The van der Waals surface area contributed by atoms with Crippen LogP contribution in [0.15, 0.2) is 84.9 Å². The molecule has 1 fully saturated rings. The van der Waals surface area contributed by atoms with Crippen molar-refractivity contribution in [1.82, 2.24) is 10.2 Å². The Morgan fingerprint density at radius 2 is 1.34 bits per heavy atom. The van der Waals surface area contributed by atoms with E-state index in [4.69, 9.17) is 0 Å². The Morgan fingerprint density at radius 3 is 1.86 bits per heavy atom. The minimum absolute atomic E-state index is 0.226. The molecule has 1 heterocycles. The molecule has 0 spiro atoms. The first-order valence-corrected chi connectivity index (χ1v) is 9.06. The maximum Gasteiger partial charge on any atom is 0.325 e. The summed E-state index contributed by atoms with van der Waals surface area (Å²) in [5, 5.41) is 2.79. The number of amides is 3. The van der Waals surface area contributed by atoms with Gasteiger partial charge in [-0.25, -0.2) is 9.18 Å². The first kappa shape index (κ1) is 18.6. The summed E-state index contributed by atoms with van der Waals surface area (Å²) < 4.78 is 13.1. The predicted octanol–water partition coefficient (Wildman–Crippen LogP) is 3.50. The molecule has 5 nitrogen and oxygen atoms in total. The van der Waals surface area contributed by atoms with Crippen molar-refractivity contribution in [3.05, 3.63) is 107 Å². The number of carbonyl (C=O) groups is 3. The van der Waals surface area contributed by atoms with E-state index in [1.54, 1.807) is 48.5 Å². The predicted molar refractivity (Wildman–Crippen MR) is 105 cm³/mol. The summed E-state index contributed by atoms with van der Waals surface area (Å²) in [6.45, 7) is -0.433. The highest BCUT2D eigenvalue weighted by Crippen LogP contribution is 2.36. The van der Waals surface area contributed by atoms with E-state index in [0.717, 1.165) is 17.0 Å². The molecule has 1 aliphatic rings. The molecular weight excluding hydrogens is 371 g/mol. The van der Waals surface area contributed by atoms with Crippen LogP contribution in [0.3, 0.4) is 0 Å². The zero-order chi connectivity index (χ0) is 20.4. The molecule has 144 valence electrons. The number of imide groups is 1. The van der Waals surface area contributed by atoms with Gasteiger partial charge in [-0.15, -0.1) is 0 Å². The van der Waals surface area contributed by atoms with Gasteiger partial charge in [0.2, 0.25) is 0 Å². The van der Waals surface area contributed by atoms with Gasteiger partial charge in [0.1, 0.15) is 5.82 Å². The van der Waals surface area contributed by atoms with Crippen LogP contribution >= 0.6 is 0 Å². The van der Waals surface area contributed by atoms with Crippen LogP contribution in [-0.2, 0) is 10.3 Å². The molecule has 1 aliphatic heterocycles. The zero-order valence-corrected chi connectivity index (χ0v) is 15.3. The number of hydrogen-bond donors (Lipinski definition) is 1. The number of carbonyl (C=O) groups excluding carboxylic acids is 3. The Bertz CT molecular complexity index is 1030. The number of nitrogens with one attached hydrogen (secondary N) is 1. The van der Waals surface area contributed by atoms with E-state index in [1.807, 2.05) is 12.1 Å². The van der Waals surface area contributed by atoms with Crippen molar-refractivity contribution in [3.8, 4) is 0 Å². The van der Waals surface area contributed by atoms with Gasteiger partial charge >= 0.3 is 6.03 Å². The third-order valence-corrected chi connectivity index (χ3v) is 4.99. The minimum atomic E-state index is -1.41. The number of benzene rings is 3. The maximum atomic E-state index is 13.5. The van der Waals surface area contributed by atoms with E-state index >= 15 is 0 Å². The van der Waals surface area contributed by atoms with Crippen LogP contribution in [0.25, 0.3) is 0 Å². The van der Waals surface area contributed by atoms with Gasteiger partial charge in [-0.3, -0.25) is 14.5 Å². The van der Waals surface area contributed by atoms with Crippen LogP contribution < -0.4 is 5.32 Å². The highest BCUT2D eigenvalue weighted by Gasteiger charge is 2.53. The number of Topliss-reactive ketones (excluding diaryl/α,β-unsaturated/α-hetero) is 1. The quantitative estimate of drug-likeness (QED) is 0.537. The molecule has 0 radical (unpaired) electrons. The van der Waals surface area contributed by atoms with Crippen molar-refractivity contribution >= 4 is 17.7 Å². The largest absolute Gasteiger partial charge is 0.325 e. The average Bonchev–Trinajstić information content (AvgIpc) is 3.01. The number of ketones is 1. The van der Waals surface area contributed by atoms with Crippen LogP contribution in [0, 0.1) is 5.82 Å². The van der Waals surface area contributed by atoms with Crippen molar-refractivity contribution in [2.75, 3.05) is 6.54 Å². The normalized spacial score (nSPS) is 15.3. The number of hydrogen-bond acceptors (Lipinski definition) is 3. The molecule has 1 N–H and O–H groups in total. The zero-order valence-electron chi connectivity index (χ0n) is 15.3. The molecule has 0 atom stereocenters. The number of urea groups is 1. The second kappa shape index (κ2) is 7.31. The first-order valence-electron chi connectivity index (χ1n) is 9.06. The number of nitrogens with zero attached hydrogens (tertiary/aromatic N) is 1. The summed E-state index contributed by atoms with van der Waals surface area (Å²) in [5.41, 5.74) is 0.00866. The number of rotatable bonds is 5. The molecule has 6 heteroatoms. The molecule has 3 aromatic rings. The number of halogens is 1. The fraction of sp³-hybridized carbons (Fsp3) is 0.0870. The van der Waals surface area contributed by atoms with Crippen molar-refractivity contribution in [1.29, 1.82) is 0 Å². The molecule has 3 amide bonds. The lowest BCUT2D eigenvalue weighted by Gasteiger charge is -2.28. The second-order valence-electron chi connectivity index (χ2n) is 6.73. The Balaban J connectivity index is 1.72. The Labute approximate surface area is 166 Å². The van der Waals surface area contributed by atoms with E-state index in [-0.39, 0.29) is 5.56 Å². The molecule has 0 unspecified atom stereocenters. The Morgan fingerprint density at radius 1 is 0.828 bits per heavy atom. The van der Waals surface area contributed by atoms with E-state index in [1.165, 1.54) is 12.1 Å². The lowest BCUT2D eigenvalue weighted by atomic mass is 9.82. The second-order valence-corrected chi connectivity index (χ2v) is 6.73. The van der Waals surface area contributed by atoms with Crippen LogP contribution in [0.5, 0.6) is 0 Å². The van der Waals surface area contributed by atoms with Crippen LogP contribution in [0.2, 0.25) is 0 Å². The molecule has 3 aromatic carbocycles. The molecule has 4 rings (SSSR count). The molecule has 0 aromatic heterocycles. The van der Waals surface area contributed by atoms with E-state index in [9.17, 15) is 18.8 Å². The molecule has 0 bridgehead atoms. The summed E-state index contributed by atoms with van der Waals surface area (Å²) in [5.74, 6) is -1.45. The maximum absolute atomic E-state index is 13.5. The molecular formula is C23H17FN2O3. The third-order valence-electron chi connectivity index (χ3n) is 4.99. The highest BCUT2D eigenvalue weighted by atomic mass is 19.1. The lowest BCUT2D eigenvalue weighted by molar-refractivity contribution is -0.129. The van der Waals surface area contributed by atoms with E-state index in [0.29, 0.717) is 11.1 Å². The van der Waals surface area contributed by atoms with E-state index in [2.05, 4.69) is 5.32 Å². The van der Waals surface area contributed by atoms with Gasteiger partial charge in [-0.05, 0) is 35.4 Å². The van der Waals surface area contributed by atoms with Gasteiger partial charge in [0, 0.05) is 5.56 Å². The SMILES string of the molecule is O=C(CN1C(=O)NC(c2ccccc2)(c2ccccc2)C1=O)c1ccc(F)cc1. The van der Waals surface area contributed by atoms with Gasteiger partial charge in [0.05, 0.1) is 6.54 Å². The van der Waals surface area contributed by atoms with Crippen molar-refractivity contribution in [3.63, 3.8) is 0 Å². The third kappa shape index (κ3) is 3.18. The molecule has 1 saturated heterocycles. The minimum Gasteiger partial charge on any atom is -0.315 e.